The van der Waals surface area contributed by atoms with Crippen LogP contribution in [-0.2, 0) is 6.54 Å². The van der Waals surface area contributed by atoms with E-state index < -0.39 is 12.6 Å². The van der Waals surface area contributed by atoms with Crippen molar-refractivity contribution in [2.45, 2.75) is 32.0 Å². The van der Waals surface area contributed by atoms with Crippen molar-refractivity contribution in [1.29, 1.82) is 0 Å². The highest BCUT2D eigenvalue weighted by atomic mass is 19.4. The minimum Gasteiger partial charge on any atom is -0.356 e. The van der Waals surface area contributed by atoms with Gasteiger partial charge in [-0.25, -0.2) is 0 Å². The van der Waals surface area contributed by atoms with Gasteiger partial charge in [-0.1, -0.05) is 6.07 Å². The monoisotopic (exact) mass is 288 g/mol. The molecule has 0 bridgehead atoms. The van der Waals surface area contributed by atoms with Crippen LogP contribution in [0.4, 0.5) is 13.2 Å². The summed E-state index contributed by atoms with van der Waals surface area (Å²) in [7, 11) is 1.61. The first-order chi connectivity index (χ1) is 9.51. The van der Waals surface area contributed by atoms with Gasteiger partial charge in [0, 0.05) is 26.2 Å². The lowest BCUT2D eigenvalue weighted by Gasteiger charge is -2.11. The lowest BCUT2D eigenvalue weighted by atomic mass is 10.2. The largest absolute Gasteiger partial charge is 0.389 e. The van der Waals surface area contributed by atoms with Gasteiger partial charge >= 0.3 is 6.18 Å². The van der Waals surface area contributed by atoms with E-state index in [1.54, 1.807) is 13.2 Å². The number of rotatable bonds is 6. The molecular formula is C13H19F3N4. The molecule has 0 unspecified atom stereocenters. The zero-order valence-corrected chi connectivity index (χ0v) is 11.4. The van der Waals surface area contributed by atoms with Crippen LogP contribution in [0.5, 0.6) is 0 Å². The highest BCUT2D eigenvalue weighted by Crippen LogP contribution is 2.21. The number of hydrogen-bond donors (Lipinski definition) is 2. The van der Waals surface area contributed by atoms with Crippen molar-refractivity contribution in [2.24, 2.45) is 4.99 Å². The summed E-state index contributed by atoms with van der Waals surface area (Å²) in [4.78, 5) is 8.15. The Bertz CT molecular complexity index is 404. The van der Waals surface area contributed by atoms with Crippen LogP contribution in [0.25, 0.3) is 0 Å². The van der Waals surface area contributed by atoms with Crippen molar-refractivity contribution in [1.82, 2.24) is 15.6 Å². The van der Waals surface area contributed by atoms with Crippen molar-refractivity contribution in [3.05, 3.63) is 30.1 Å². The molecule has 1 rings (SSSR count). The average Bonchev–Trinajstić information content (AvgIpc) is 2.42. The highest BCUT2D eigenvalue weighted by Gasteiger charge is 2.25. The summed E-state index contributed by atoms with van der Waals surface area (Å²) in [5, 5.41) is 6.02. The Balaban J connectivity index is 2.17. The fourth-order valence-corrected chi connectivity index (χ4v) is 1.55. The second kappa shape index (κ2) is 8.39. The van der Waals surface area contributed by atoms with Crippen LogP contribution >= 0.6 is 0 Å². The third-order valence-electron chi connectivity index (χ3n) is 2.57. The SMILES string of the molecule is CN=C(NCCCCC(F)(F)F)NCc1ccccn1. The number of unbranched alkanes of at least 4 members (excludes halogenated alkanes) is 1. The van der Waals surface area contributed by atoms with Crippen molar-refractivity contribution < 1.29 is 13.2 Å². The minimum absolute atomic E-state index is 0.119. The molecule has 1 aromatic heterocycles. The van der Waals surface area contributed by atoms with Gasteiger partial charge in [0.1, 0.15) is 0 Å². The standard InChI is InChI=1S/C13H19F3N4/c1-17-12(19-9-5-3-7-13(14,15)16)20-10-11-6-2-4-8-18-11/h2,4,6,8H,3,5,7,9-10H2,1H3,(H2,17,19,20). The van der Waals surface area contributed by atoms with E-state index in [1.165, 1.54) is 0 Å². The van der Waals surface area contributed by atoms with Gasteiger partial charge in [0.25, 0.3) is 0 Å². The Hall–Kier alpha value is -1.79. The molecule has 0 saturated heterocycles. The quantitative estimate of drug-likeness (QED) is 0.480. The number of guanidine groups is 1. The molecule has 0 radical (unpaired) electrons. The summed E-state index contributed by atoms with van der Waals surface area (Å²) >= 11 is 0. The second-order valence-corrected chi connectivity index (χ2v) is 4.25. The smallest absolute Gasteiger partial charge is 0.356 e. The lowest BCUT2D eigenvalue weighted by molar-refractivity contribution is -0.135. The van der Waals surface area contributed by atoms with E-state index in [-0.39, 0.29) is 6.42 Å². The number of pyridine rings is 1. The van der Waals surface area contributed by atoms with E-state index in [0.717, 1.165) is 5.69 Å². The fourth-order valence-electron chi connectivity index (χ4n) is 1.55. The Morgan fingerprint density at radius 1 is 1.25 bits per heavy atom. The first-order valence-electron chi connectivity index (χ1n) is 6.42. The van der Waals surface area contributed by atoms with E-state index in [9.17, 15) is 13.2 Å². The van der Waals surface area contributed by atoms with Crippen LogP contribution in [0.15, 0.2) is 29.4 Å². The predicted molar refractivity (Wildman–Crippen MR) is 72.3 cm³/mol. The van der Waals surface area contributed by atoms with Crippen molar-refractivity contribution >= 4 is 5.96 Å². The molecule has 4 nitrogen and oxygen atoms in total. The summed E-state index contributed by atoms with van der Waals surface area (Å²) in [5.41, 5.74) is 0.868. The molecule has 0 aliphatic heterocycles. The van der Waals surface area contributed by atoms with E-state index >= 15 is 0 Å². The van der Waals surface area contributed by atoms with Crippen LogP contribution in [0.3, 0.4) is 0 Å². The molecule has 1 heterocycles. The summed E-state index contributed by atoms with van der Waals surface area (Å²) in [6, 6.07) is 5.60. The number of nitrogens with one attached hydrogen (secondary N) is 2. The number of nitrogens with zero attached hydrogens (tertiary/aromatic N) is 2. The van der Waals surface area contributed by atoms with Gasteiger partial charge in [0.15, 0.2) is 5.96 Å². The molecule has 0 atom stereocenters. The Labute approximate surface area is 116 Å². The maximum atomic E-state index is 12.0. The summed E-state index contributed by atoms with van der Waals surface area (Å²) in [5.74, 6) is 0.558. The highest BCUT2D eigenvalue weighted by molar-refractivity contribution is 5.79. The Morgan fingerprint density at radius 2 is 2.05 bits per heavy atom. The van der Waals surface area contributed by atoms with Crippen LogP contribution in [0.2, 0.25) is 0 Å². The molecular weight excluding hydrogens is 269 g/mol. The molecule has 2 N–H and O–H groups in total. The Kier molecular flexibility index (Phi) is 6.83. The third-order valence-corrected chi connectivity index (χ3v) is 2.57. The minimum atomic E-state index is -4.07. The fraction of sp³-hybridized carbons (Fsp3) is 0.538. The number of aliphatic imine (C=N–C) groups is 1. The Morgan fingerprint density at radius 3 is 2.65 bits per heavy atom. The normalized spacial score (nSPS) is 12.3. The van der Waals surface area contributed by atoms with Crippen LogP contribution in [-0.4, -0.2) is 30.7 Å². The number of alkyl halides is 3. The summed E-state index contributed by atoms with van der Waals surface area (Å²) < 4.78 is 35.9. The predicted octanol–water partition coefficient (Wildman–Crippen LogP) is 2.48. The van der Waals surface area contributed by atoms with Gasteiger partial charge in [-0.2, -0.15) is 13.2 Å². The van der Waals surface area contributed by atoms with Crippen molar-refractivity contribution in [3.8, 4) is 0 Å². The van der Waals surface area contributed by atoms with Gasteiger partial charge in [-0.3, -0.25) is 9.98 Å². The summed E-state index contributed by atoms with van der Waals surface area (Å²) in [6.07, 6.45) is -2.55. The number of hydrogen-bond acceptors (Lipinski definition) is 2. The topological polar surface area (TPSA) is 49.3 Å². The second-order valence-electron chi connectivity index (χ2n) is 4.25. The third kappa shape index (κ3) is 7.60. The first kappa shape index (κ1) is 16.3. The average molecular weight is 288 g/mol. The maximum Gasteiger partial charge on any atom is 0.389 e. The van der Waals surface area contributed by atoms with Gasteiger partial charge in [-0.15, -0.1) is 0 Å². The molecule has 0 aliphatic carbocycles. The molecule has 0 aromatic carbocycles. The molecule has 0 fully saturated rings. The summed E-state index contributed by atoms with van der Waals surface area (Å²) in [6.45, 7) is 0.973. The van der Waals surface area contributed by atoms with Gasteiger partial charge in [0.2, 0.25) is 0 Å². The van der Waals surface area contributed by atoms with Crippen LogP contribution in [0.1, 0.15) is 25.0 Å². The molecule has 0 spiro atoms. The zero-order chi connectivity index (χ0) is 14.8. The van der Waals surface area contributed by atoms with Gasteiger partial charge < -0.3 is 10.6 Å². The molecule has 7 heteroatoms. The number of halogens is 3. The molecule has 112 valence electrons. The zero-order valence-electron chi connectivity index (χ0n) is 11.4. The van der Waals surface area contributed by atoms with Gasteiger partial charge in [0.05, 0.1) is 12.2 Å². The van der Waals surface area contributed by atoms with Gasteiger partial charge in [-0.05, 0) is 25.0 Å². The molecule has 20 heavy (non-hydrogen) atoms. The van der Waals surface area contributed by atoms with E-state index in [4.69, 9.17) is 0 Å². The molecule has 0 saturated carbocycles. The lowest BCUT2D eigenvalue weighted by Crippen LogP contribution is -2.37. The van der Waals surface area contributed by atoms with E-state index in [1.807, 2.05) is 18.2 Å². The van der Waals surface area contributed by atoms with E-state index in [2.05, 4.69) is 20.6 Å². The van der Waals surface area contributed by atoms with Crippen LogP contribution < -0.4 is 10.6 Å². The molecule has 0 amide bonds. The number of aromatic nitrogens is 1. The maximum absolute atomic E-state index is 12.0. The molecule has 0 aliphatic rings. The first-order valence-corrected chi connectivity index (χ1v) is 6.42. The van der Waals surface area contributed by atoms with Crippen molar-refractivity contribution in [3.63, 3.8) is 0 Å². The van der Waals surface area contributed by atoms with Crippen molar-refractivity contribution in [2.75, 3.05) is 13.6 Å². The molecule has 1 aromatic rings. The van der Waals surface area contributed by atoms with E-state index in [0.29, 0.717) is 25.5 Å². The van der Waals surface area contributed by atoms with Crippen LogP contribution in [0, 0.1) is 0 Å².